The van der Waals surface area contributed by atoms with Gasteiger partial charge in [-0.05, 0) is 77.4 Å². The van der Waals surface area contributed by atoms with Crippen molar-refractivity contribution in [2.75, 3.05) is 0 Å². The number of fused-ring (bicyclic) bond motifs is 2. The Bertz CT molecular complexity index is 1800. The molecule has 0 radical (unpaired) electrons. The van der Waals surface area contributed by atoms with Crippen molar-refractivity contribution in [1.29, 1.82) is 0 Å². The predicted molar refractivity (Wildman–Crippen MR) is 180 cm³/mol. The minimum Gasteiger partial charge on any atom is -0.439 e. The van der Waals surface area contributed by atoms with E-state index in [-0.39, 0.29) is 5.92 Å². The number of allylic oxidation sites excluding steroid dienone is 5. The maximum Gasteiger partial charge on any atom is 0.317 e. The highest BCUT2D eigenvalue weighted by Gasteiger charge is 2.34. The summed E-state index contributed by atoms with van der Waals surface area (Å²) in [6.07, 6.45) is 25.1. The van der Waals surface area contributed by atoms with E-state index in [4.69, 9.17) is 9.05 Å². The van der Waals surface area contributed by atoms with E-state index in [1.807, 2.05) is 60.7 Å². The molecule has 2 aromatic carbocycles. The molecule has 8 heteroatoms. The lowest BCUT2D eigenvalue weighted by Crippen LogP contribution is -2.18. The summed E-state index contributed by atoms with van der Waals surface area (Å²) in [4.78, 5) is 0. The van der Waals surface area contributed by atoms with E-state index in [9.17, 15) is 0 Å². The molecule has 1 unspecified atom stereocenters. The third-order valence-corrected chi connectivity index (χ3v) is 10.9. The van der Waals surface area contributed by atoms with E-state index >= 15 is 0 Å². The van der Waals surface area contributed by atoms with Gasteiger partial charge in [0, 0.05) is 61.6 Å². The SMILES string of the molecule is C=C/C=C\C=C(/OP(n1cccc1)n1cccc1)C1c2ccccc2Cc2c(OP(n3cccc3)n3cccc3)cccc21. The smallest absolute Gasteiger partial charge is 0.317 e. The molecule has 6 nitrogen and oxygen atoms in total. The predicted octanol–water partition coefficient (Wildman–Crippen LogP) is 9.60. The Hall–Kier alpha value is -4.76. The van der Waals surface area contributed by atoms with Crippen LogP contribution in [0.25, 0.3) is 0 Å². The van der Waals surface area contributed by atoms with Crippen LogP contribution in [0, 0.1) is 0 Å². The molecule has 44 heavy (non-hydrogen) atoms. The summed E-state index contributed by atoms with van der Waals surface area (Å²) in [5, 5.41) is 0. The van der Waals surface area contributed by atoms with Crippen LogP contribution >= 0.6 is 16.9 Å². The lowest BCUT2D eigenvalue weighted by Gasteiger charge is -2.33. The van der Waals surface area contributed by atoms with Crippen molar-refractivity contribution in [2.45, 2.75) is 12.3 Å². The average molecular weight is 615 g/mol. The van der Waals surface area contributed by atoms with Crippen molar-refractivity contribution < 1.29 is 9.05 Å². The Morgan fingerprint density at radius 1 is 0.636 bits per heavy atom. The summed E-state index contributed by atoms with van der Waals surface area (Å²) in [6.45, 7) is 3.89. The highest BCUT2D eigenvalue weighted by atomic mass is 31.2. The molecule has 6 aromatic rings. The average Bonchev–Trinajstić information content (AvgIpc) is 3.89. The van der Waals surface area contributed by atoms with Crippen LogP contribution in [0.3, 0.4) is 0 Å². The fourth-order valence-electron chi connectivity index (χ4n) is 5.54. The summed E-state index contributed by atoms with van der Waals surface area (Å²) in [5.41, 5.74) is 4.87. The largest absolute Gasteiger partial charge is 0.439 e. The maximum atomic E-state index is 7.10. The summed E-state index contributed by atoms with van der Waals surface area (Å²) < 4.78 is 22.6. The molecule has 0 amide bonds. The first-order valence-corrected chi connectivity index (χ1v) is 16.8. The van der Waals surface area contributed by atoms with Gasteiger partial charge < -0.3 is 9.05 Å². The first-order valence-electron chi connectivity index (χ1n) is 14.5. The third-order valence-electron chi connectivity index (χ3n) is 7.52. The van der Waals surface area contributed by atoms with Crippen molar-refractivity contribution in [3.63, 3.8) is 0 Å². The molecular formula is C36H32N4O2P2. The van der Waals surface area contributed by atoms with E-state index in [0.29, 0.717) is 0 Å². The zero-order valence-corrected chi connectivity index (χ0v) is 25.9. The number of rotatable bonds is 11. The van der Waals surface area contributed by atoms with E-state index in [1.165, 1.54) is 22.3 Å². The Kier molecular flexibility index (Phi) is 8.19. The topological polar surface area (TPSA) is 38.2 Å². The molecule has 7 rings (SSSR count). The lowest BCUT2D eigenvalue weighted by atomic mass is 9.76. The van der Waals surface area contributed by atoms with Crippen LogP contribution in [-0.2, 0) is 10.9 Å². The van der Waals surface area contributed by atoms with Crippen LogP contribution < -0.4 is 4.52 Å². The van der Waals surface area contributed by atoms with E-state index in [2.05, 4.69) is 122 Å². The van der Waals surface area contributed by atoms with Crippen LogP contribution in [0.4, 0.5) is 0 Å². The Morgan fingerprint density at radius 3 is 1.77 bits per heavy atom. The molecule has 0 N–H and O–H groups in total. The van der Waals surface area contributed by atoms with Gasteiger partial charge in [0.2, 0.25) is 0 Å². The number of benzene rings is 2. The molecule has 0 spiro atoms. The van der Waals surface area contributed by atoms with Crippen LogP contribution in [0.2, 0.25) is 0 Å². The van der Waals surface area contributed by atoms with Gasteiger partial charge in [0.05, 0.1) is 5.92 Å². The molecule has 0 saturated carbocycles. The zero-order chi connectivity index (χ0) is 29.7. The normalized spacial score (nSPS) is 14.6. The first-order chi connectivity index (χ1) is 21.8. The van der Waals surface area contributed by atoms with Gasteiger partial charge in [-0.3, -0.25) is 17.4 Å². The quantitative estimate of drug-likeness (QED) is 0.0828. The molecule has 0 bridgehead atoms. The monoisotopic (exact) mass is 614 g/mol. The van der Waals surface area contributed by atoms with Crippen molar-refractivity contribution >= 4 is 16.9 Å². The van der Waals surface area contributed by atoms with Gasteiger partial charge in [-0.25, -0.2) is 0 Å². The lowest BCUT2D eigenvalue weighted by molar-refractivity contribution is 0.422. The van der Waals surface area contributed by atoms with E-state index < -0.39 is 16.9 Å². The fraction of sp³-hybridized carbons (Fsp3) is 0.0556. The maximum absolute atomic E-state index is 7.10. The summed E-state index contributed by atoms with van der Waals surface area (Å²) in [5.74, 6) is 1.61. The van der Waals surface area contributed by atoms with Gasteiger partial charge in [0.15, 0.2) is 0 Å². The van der Waals surface area contributed by atoms with Gasteiger partial charge >= 0.3 is 16.9 Å². The Balaban J connectivity index is 1.35. The minimum absolute atomic E-state index is 0.131. The highest BCUT2D eigenvalue weighted by Crippen LogP contribution is 2.52. The van der Waals surface area contributed by atoms with Crippen LogP contribution in [0.1, 0.15) is 28.2 Å². The van der Waals surface area contributed by atoms with Crippen molar-refractivity contribution in [2.24, 2.45) is 0 Å². The molecule has 4 heterocycles. The summed E-state index contributed by atoms with van der Waals surface area (Å²) >= 11 is 0. The van der Waals surface area contributed by atoms with Crippen molar-refractivity contribution in [3.05, 3.63) is 199 Å². The Labute approximate surface area is 260 Å². The third kappa shape index (κ3) is 5.63. The molecule has 1 aliphatic carbocycles. The molecule has 1 atom stereocenters. The van der Waals surface area contributed by atoms with Gasteiger partial charge in [0.1, 0.15) is 11.5 Å². The number of hydrogen-bond acceptors (Lipinski definition) is 2. The summed E-state index contributed by atoms with van der Waals surface area (Å²) in [6, 6.07) is 31.4. The summed E-state index contributed by atoms with van der Waals surface area (Å²) in [7, 11) is -2.42. The van der Waals surface area contributed by atoms with Crippen LogP contribution in [-0.4, -0.2) is 17.4 Å². The highest BCUT2D eigenvalue weighted by molar-refractivity contribution is 7.49. The molecule has 4 aromatic heterocycles. The Morgan fingerprint density at radius 2 is 1.18 bits per heavy atom. The number of nitrogens with zero attached hydrogens (tertiary/aromatic N) is 4. The standard InChI is InChI=1S/C36H32N4O2P2/c1-2-3-4-19-35(42-44(39-25-11-12-26-39)40-27-13-14-28-40)36-31-17-6-5-16-30(31)29-33-32(36)18-15-20-34(33)41-43(37-21-7-8-22-37)38-23-9-10-24-38/h2-28,36H,1,29H2/b4-3-,35-19-. The second-order valence-electron chi connectivity index (χ2n) is 10.3. The number of aromatic nitrogens is 4. The van der Waals surface area contributed by atoms with Gasteiger partial charge in [-0.1, -0.05) is 61.2 Å². The van der Waals surface area contributed by atoms with Crippen LogP contribution in [0.5, 0.6) is 5.75 Å². The van der Waals surface area contributed by atoms with E-state index in [0.717, 1.165) is 17.9 Å². The second kappa shape index (κ2) is 12.9. The van der Waals surface area contributed by atoms with Gasteiger partial charge in [-0.2, -0.15) is 0 Å². The molecule has 0 aliphatic heterocycles. The minimum atomic E-state index is -1.24. The molecule has 0 saturated heterocycles. The second-order valence-corrected chi connectivity index (χ2v) is 13.5. The molecule has 218 valence electrons. The number of hydrogen-bond donors (Lipinski definition) is 0. The fourth-order valence-corrected chi connectivity index (χ4v) is 8.63. The molecule has 1 aliphatic rings. The van der Waals surface area contributed by atoms with E-state index in [1.54, 1.807) is 6.08 Å². The van der Waals surface area contributed by atoms with Crippen LogP contribution in [0.15, 0.2) is 177 Å². The van der Waals surface area contributed by atoms with Crippen molar-refractivity contribution in [3.8, 4) is 5.75 Å². The zero-order valence-electron chi connectivity index (χ0n) is 24.1. The molecular weight excluding hydrogens is 582 g/mol. The van der Waals surface area contributed by atoms with Gasteiger partial charge in [0.25, 0.3) is 0 Å². The first kappa shape index (κ1) is 28.0. The van der Waals surface area contributed by atoms with Gasteiger partial charge in [-0.15, -0.1) is 0 Å². The molecule has 0 fully saturated rings. The van der Waals surface area contributed by atoms with Crippen molar-refractivity contribution in [1.82, 2.24) is 17.4 Å².